The number of ether oxygens (including phenoxy) is 1. The number of hydrogen-bond donors (Lipinski definition) is 1. The van der Waals surface area contributed by atoms with Crippen molar-refractivity contribution in [2.75, 3.05) is 0 Å². The van der Waals surface area contributed by atoms with Gasteiger partial charge in [0, 0.05) is 46.6 Å². The first kappa shape index (κ1) is 20.2. The molecule has 2 aromatic heterocycles. The summed E-state index contributed by atoms with van der Waals surface area (Å²) in [6, 6.07) is 12.3. The summed E-state index contributed by atoms with van der Waals surface area (Å²) in [7, 11) is 0. The maximum Gasteiger partial charge on any atom is 0.409 e. The number of rotatable bonds is 1. The van der Waals surface area contributed by atoms with Crippen LogP contribution in [0.5, 0.6) is 11.5 Å². The van der Waals surface area contributed by atoms with Crippen LogP contribution in [0, 0.1) is 13.8 Å². The number of benzene rings is 2. The minimum Gasteiger partial charge on any atom is -0.508 e. The summed E-state index contributed by atoms with van der Waals surface area (Å²) < 4.78 is 14.5. The molecule has 0 aliphatic heterocycles. The zero-order valence-corrected chi connectivity index (χ0v) is 16.1. The van der Waals surface area contributed by atoms with E-state index in [9.17, 15) is 14.4 Å². The molecule has 148 valence electrons. The summed E-state index contributed by atoms with van der Waals surface area (Å²) in [5, 5.41) is 10.8. The van der Waals surface area contributed by atoms with Crippen molar-refractivity contribution in [2.24, 2.45) is 0 Å². The van der Waals surface area contributed by atoms with Crippen LogP contribution in [0.15, 0.2) is 67.0 Å². The van der Waals surface area contributed by atoms with Gasteiger partial charge in [0.05, 0.1) is 0 Å². The Kier molecular flexibility index (Phi) is 5.70. The van der Waals surface area contributed by atoms with Crippen molar-refractivity contribution < 1.29 is 23.5 Å². The highest BCUT2D eigenvalue weighted by molar-refractivity contribution is 6.61. The number of carbonyl (C=O) groups excluding carboxylic acids is 1. The molecule has 0 saturated carbocycles. The summed E-state index contributed by atoms with van der Waals surface area (Å²) in [5.41, 5.74) is 0.663. The molecular formula is C21H15ClO7. The van der Waals surface area contributed by atoms with Crippen molar-refractivity contribution >= 4 is 39.0 Å². The first-order valence-electron chi connectivity index (χ1n) is 8.38. The number of phenolic OH excluding ortho intramolecular Hbond substituents is 1. The van der Waals surface area contributed by atoms with E-state index in [1.165, 1.54) is 24.3 Å². The molecule has 2 heterocycles. The fourth-order valence-corrected chi connectivity index (χ4v) is 2.86. The van der Waals surface area contributed by atoms with Gasteiger partial charge < -0.3 is 18.7 Å². The largest absolute Gasteiger partial charge is 0.508 e. The molecule has 8 heteroatoms. The van der Waals surface area contributed by atoms with E-state index in [1.54, 1.807) is 31.2 Å². The number of hydrogen-bond acceptors (Lipinski definition) is 7. The number of aromatic hydroxyl groups is 1. The van der Waals surface area contributed by atoms with Crippen LogP contribution in [-0.4, -0.2) is 10.5 Å². The Morgan fingerprint density at radius 2 is 1.38 bits per heavy atom. The monoisotopic (exact) mass is 414 g/mol. The van der Waals surface area contributed by atoms with Gasteiger partial charge in [-0.05, 0) is 49.2 Å². The van der Waals surface area contributed by atoms with E-state index in [4.69, 9.17) is 25.5 Å². The Morgan fingerprint density at radius 1 is 0.862 bits per heavy atom. The lowest BCUT2D eigenvalue weighted by atomic mass is 10.1. The Morgan fingerprint density at radius 3 is 1.93 bits per heavy atom. The normalized spacial score (nSPS) is 10.4. The molecule has 1 N–H and O–H groups in total. The van der Waals surface area contributed by atoms with Gasteiger partial charge >= 0.3 is 16.7 Å². The minimum absolute atomic E-state index is 0.0984. The Labute approximate surface area is 168 Å². The van der Waals surface area contributed by atoms with E-state index >= 15 is 0 Å². The van der Waals surface area contributed by atoms with Crippen molar-refractivity contribution in [1.29, 1.82) is 0 Å². The van der Waals surface area contributed by atoms with E-state index in [-0.39, 0.29) is 11.5 Å². The number of aryl methyl sites for hydroxylation is 2. The summed E-state index contributed by atoms with van der Waals surface area (Å²) >= 11 is 5.07. The molecule has 4 aromatic rings. The fraction of sp³-hybridized carbons (Fsp3) is 0.0952. The molecule has 0 atom stereocenters. The summed E-state index contributed by atoms with van der Waals surface area (Å²) in [6.07, 6.45) is 0. The molecule has 0 aliphatic rings. The standard InChI is InChI=1S/C11H7ClO4.C10H8O3/c1-6-4-10(13)16-9-5-7(15-11(12)14)2-3-8(6)9;1-6-4-10(12)13-9-5-7(11)2-3-8(6)9/h2-5H,1H3;2-5,11H,1H3. The molecule has 0 bridgehead atoms. The Hall–Kier alpha value is -3.58. The second-order valence-corrected chi connectivity index (χ2v) is 6.48. The van der Waals surface area contributed by atoms with Crippen LogP contribution in [0.2, 0.25) is 0 Å². The lowest BCUT2D eigenvalue weighted by Gasteiger charge is -2.03. The lowest BCUT2D eigenvalue weighted by Crippen LogP contribution is -1.99. The second-order valence-electron chi connectivity index (χ2n) is 6.18. The first-order chi connectivity index (χ1) is 13.7. The van der Waals surface area contributed by atoms with Gasteiger partial charge in [-0.25, -0.2) is 14.4 Å². The molecule has 7 nitrogen and oxygen atoms in total. The topological polar surface area (TPSA) is 107 Å². The molecule has 0 aliphatic carbocycles. The molecule has 0 unspecified atom stereocenters. The average molecular weight is 415 g/mol. The quantitative estimate of drug-likeness (QED) is 0.357. The van der Waals surface area contributed by atoms with Crippen LogP contribution < -0.4 is 16.0 Å². The molecular weight excluding hydrogens is 400 g/mol. The maximum atomic E-state index is 11.1. The average Bonchev–Trinajstić information content (AvgIpc) is 2.60. The van der Waals surface area contributed by atoms with Crippen LogP contribution in [0.1, 0.15) is 11.1 Å². The van der Waals surface area contributed by atoms with E-state index in [2.05, 4.69) is 4.74 Å². The molecule has 4 rings (SSSR count). The van der Waals surface area contributed by atoms with Crippen LogP contribution in [0.3, 0.4) is 0 Å². The fourth-order valence-electron chi connectivity index (χ4n) is 2.77. The lowest BCUT2D eigenvalue weighted by molar-refractivity contribution is 0.225. The molecule has 0 fully saturated rings. The van der Waals surface area contributed by atoms with Crippen LogP contribution in [0.25, 0.3) is 21.9 Å². The molecule has 0 amide bonds. The van der Waals surface area contributed by atoms with Crippen LogP contribution >= 0.6 is 11.6 Å². The van der Waals surface area contributed by atoms with Crippen molar-refractivity contribution in [3.63, 3.8) is 0 Å². The third-order valence-electron chi connectivity index (χ3n) is 4.06. The van der Waals surface area contributed by atoms with Crippen LogP contribution in [0.4, 0.5) is 4.79 Å². The SMILES string of the molecule is Cc1cc(=O)oc2cc(O)ccc12.Cc1cc(=O)oc2cc(OC(=O)Cl)ccc12. The minimum atomic E-state index is -0.936. The van der Waals surface area contributed by atoms with Gasteiger partial charge in [-0.15, -0.1) is 0 Å². The highest BCUT2D eigenvalue weighted by atomic mass is 35.5. The molecule has 0 spiro atoms. The van der Waals surface area contributed by atoms with Gasteiger partial charge in [0.1, 0.15) is 22.7 Å². The number of carbonyl (C=O) groups is 1. The third kappa shape index (κ3) is 4.83. The first-order valence-corrected chi connectivity index (χ1v) is 8.76. The summed E-state index contributed by atoms with van der Waals surface area (Å²) in [5.74, 6) is 0.336. The van der Waals surface area contributed by atoms with Gasteiger partial charge in [0.2, 0.25) is 0 Å². The summed E-state index contributed by atoms with van der Waals surface area (Å²) in [4.78, 5) is 32.6. The highest BCUT2D eigenvalue weighted by Gasteiger charge is 2.06. The maximum absolute atomic E-state index is 11.1. The van der Waals surface area contributed by atoms with E-state index in [1.807, 2.05) is 6.92 Å². The molecule has 2 aromatic carbocycles. The van der Waals surface area contributed by atoms with Crippen LogP contribution in [-0.2, 0) is 0 Å². The zero-order valence-electron chi connectivity index (χ0n) is 15.4. The van der Waals surface area contributed by atoms with E-state index < -0.39 is 16.7 Å². The number of fused-ring (bicyclic) bond motifs is 2. The van der Waals surface area contributed by atoms with Crippen molar-refractivity contribution in [3.8, 4) is 11.5 Å². The molecule has 0 radical (unpaired) electrons. The highest BCUT2D eigenvalue weighted by Crippen LogP contribution is 2.23. The smallest absolute Gasteiger partial charge is 0.409 e. The van der Waals surface area contributed by atoms with Gasteiger partial charge in [-0.1, -0.05) is 0 Å². The van der Waals surface area contributed by atoms with Crippen molar-refractivity contribution in [2.45, 2.75) is 13.8 Å². The Bertz CT molecular complexity index is 1330. The van der Waals surface area contributed by atoms with Crippen molar-refractivity contribution in [3.05, 3.63) is 80.5 Å². The van der Waals surface area contributed by atoms with Gasteiger partial charge in [0.15, 0.2) is 0 Å². The van der Waals surface area contributed by atoms with Crippen molar-refractivity contribution in [1.82, 2.24) is 0 Å². The zero-order chi connectivity index (χ0) is 21.1. The van der Waals surface area contributed by atoms with Gasteiger partial charge in [0.25, 0.3) is 0 Å². The third-order valence-corrected chi connectivity index (χ3v) is 4.13. The number of halogens is 1. The number of phenols is 1. The predicted molar refractivity (Wildman–Crippen MR) is 108 cm³/mol. The second kappa shape index (κ2) is 8.20. The molecule has 0 saturated heterocycles. The summed E-state index contributed by atoms with van der Waals surface area (Å²) in [6.45, 7) is 3.63. The van der Waals surface area contributed by atoms with E-state index in [0.29, 0.717) is 11.2 Å². The Balaban J connectivity index is 0.000000169. The van der Waals surface area contributed by atoms with E-state index in [0.717, 1.165) is 21.9 Å². The van der Waals surface area contributed by atoms with Gasteiger partial charge in [-0.2, -0.15) is 0 Å². The van der Waals surface area contributed by atoms with Gasteiger partial charge in [-0.3, -0.25) is 0 Å². The molecule has 29 heavy (non-hydrogen) atoms. The predicted octanol–water partition coefficient (Wildman–Crippen LogP) is 4.65.